The van der Waals surface area contributed by atoms with Crippen LogP contribution in [0.25, 0.3) is 0 Å². The number of carbonyl (C=O) groups is 1. The predicted molar refractivity (Wildman–Crippen MR) is 52.1 cm³/mol. The van der Waals surface area contributed by atoms with E-state index in [1.54, 1.807) is 6.92 Å². The molecule has 0 N–H and O–H groups in total. The van der Waals surface area contributed by atoms with Gasteiger partial charge in [-0.1, -0.05) is 35.5 Å². The van der Waals surface area contributed by atoms with Gasteiger partial charge in [0.15, 0.2) is 0 Å². The van der Waals surface area contributed by atoms with E-state index in [1.807, 2.05) is 30.3 Å². The summed E-state index contributed by atoms with van der Waals surface area (Å²) in [5, 5.41) is 3.61. The van der Waals surface area contributed by atoms with Gasteiger partial charge in [0, 0.05) is 0 Å². The zero-order valence-corrected chi connectivity index (χ0v) is 8.06. The van der Waals surface area contributed by atoms with Crippen LogP contribution in [0.4, 0.5) is 4.79 Å². The highest BCUT2D eigenvalue weighted by molar-refractivity contribution is 5.98. The van der Waals surface area contributed by atoms with Crippen molar-refractivity contribution < 1.29 is 14.4 Å². The average Bonchev–Trinajstić information content (AvgIpc) is 2.26. The second-order valence-corrected chi connectivity index (χ2v) is 2.59. The van der Waals surface area contributed by atoms with E-state index in [1.165, 1.54) is 7.11 Å². The van der Waals surface area contributed by atoms with Crippen LogP contribution in [0.3, 0.4) is 0 Å². The van der Waals surface area contributed by atoms with Crippen LogP contribution in [0.1, 0.15) is 12.5 Å². The van der Waals surface area contributed by atoms with Crippen LogP contribution in [0.15, 0.2) is 35.5 Å². The van der Waals surface area contributed by atoms with Crippen LogP contribution in [-0.2, 0) is 9.57 Å². The molecule has 0 unspecified atom stereocenters. The summed E-state index contributed by atoms with van der Waals surface area (Å²) in [7, 11) is 1.23. The standard InChI is InChI=1S/C10H11NO3/c1-8(11-14-10(12)13-2)9-6-4-3-5-7-9/h3-7H,1-2H3/b11-8-. The van der Waals surface area contributed by atoms with Gasteiger partial charge in [0.2, 0.25) is 0 Å². The van der Waals surface area contributed by atoms with Crippen LogP contribution < -0.4 is 0 Å². The molecule has 0 saturated carbocycles. The molecule has 0 atom stereocenters. The fourth-order valence-corrected chi connectivity index (χ4v) is 0.875. The molecule has 4 heteroatoms. The third-order valence-electron chi connectivity index (χ3n) is 1.62. The Morgan fingerprint density at radius 1 is 1.29 bits per heavy atom. The van der Waals surface area contributed by atoms with E-state index in [0.29, 0.717) is 5.71 Å². The van der Waals surface area contributed by atoms with Crippen molar-refractivity contribution in [2.24, 2.45) is 5.16 Å². The third kappa shape index (κ3) is 2.90. The van der Waals surface area contributed by atoms with Crippen LogP contribution in [0.5, 0.6) is 0 Å². The highest BCUT2D eigenvalue weighted by Gasteiger charge is 2.00. The van der Waals surface area contributed by atoms with Gasteiger partial charge in [-0.25, -0.2) is 4.79 Å². The molecule has 0 bridgehead atoms. The second-order valence-electron chi connectivity index (χ2n) is 2.59. The zero-order chi connectivity index (χ0) is 10.4. The minimum Gasteiger partial charge on any atom is -0.436 e. The smallest absolute Gasteiger partial charge is 0.436 e. The first kappa shape index (κ1) is 10.2. The summed E-state index contributed by atoms with van der Waals surface area (Å²) in [6.07, 6.45) is -0.819. The molecular weight excluding hydrogens is 182 g/mol. The summed E-state index contributed by atoms with van der Waals surface area (Å²) >= 11 is 0. The Kier molecular flexibility index (Phi) is 3.67. The number of benzene rings is 1. The predicted octanol–water partition coefficient (Wildman–Crippen LogP) is 2.19. The summed E-state index contributed by atoms with van der Waals surface area (Å²) < 4.78 is 4.27. The maximum atomic E-state index is 10.6. The molecule has 74 valence electrons. The number of ether oxygens (including phenoxy) is 1. The van der Waals surface area contributed by atoms with E-state index in [4.69, 9.17) is 0 Å². The van der Waals surface area contributed by atoms with Crippen LogP contribution >= 0.6 is 0 Å². The number of methoxy groups -OCH3 is 1. The molecule has 0 radical (unpaired) electrons. The van der Waals surface area contributed by atoms with Gasteiger partial charge in [0.25, 0.3) is 0 Å². The Balaban J connectivity index is 2.66. The SMILES string of the molecule is COC(=O)O/N=C(/C)c1ccccc1. The van der Waals surface area contributed by atoms with Crippen molar-refractivity contribution in [2.45, 2.75) is 6.92 Å². The summed E-state index contributed by atoms with van der Waals surface area (Å²) in [5.74, 6) is 0. The fourth-order valence-electron chi connectivity index (χ4n) is 0.875. The van der Waals surface area contributed by atoms with Crippen molar-refractivity contribution >= 4 is 11.9 Å². The number of oxime groups is 1. The lowest BCUT2D eigenvalue weighted by molar-refractivity contribution is 0.0753. The lowest BCUT2D eigenvalue weighted by Gasteiger charge is -1.99. The van der Waals surface area contributed by atoms with Gasteiger partial charge in [-0.05, 0) is 12.5 Å². The minimum atomic E-state index is -0.819. The Morgan fingerprint density at radius 3 is 2.50 bits per heavy atom. The maximum Gasteiger partial charge on any atom is 0.534 e. The van der Waals surface area contributed by atoms with Gasteiger partial charge in [0.05, 0.1) is 12.8 Å². The van der Waals surface area contributed by atoms with Crippen molar-refractivity contribution in [3.8, 4) is 0 Å². The van der Waals surface area contributed by atoms with Gasteiger partial charge in [0.1, 0.15) is 0 Å². The normalized spacial score (nSPS) is 10.9. The van der Waals surface area contributed by atoms with Crippen LogP contribution in [0, 0.1) is 0 Å². The Labute approximate surface area is 82.1 Å². The Hall–Kier alpha value is -1.84. The maximum absolute atomic E-state index is 10.6. The number of carbonyl (C=O) groups excluding carboxylic acids is 1. The van der Waals surface area contributed by atoms with Crippen LogP contribution in [-0.4, -0.2) is 19.0 Å². The first-order valence-electron chi connectivity index (χ1n) is 4.09. The lowest BCUT2D eigenvalue weighted by atomic mass is 10.1. The molecule has 1 rings (SSSR count). The molecule has 0 fully saturated rings. The van der Waals surface area contributed by atoms with Crippen molar-refractivity contribution in [2.75, 3.05) is 7.11 Å². The largest absolute Gasteiger partial charge is 0.534 e. The molecule has 14 heavy (non-hydrogen) atoms. The van der Waals surface area contributed by atoms with Crippen molar-refractivity contribution in [1.29, 1.82) is 0 Å². The average molecular weight is 193 g/mol. The van der Waals surface area contributed by atoms with E-state index in [9.17, 15) is 4.79 Å². The highest BCUT2D eigenvalue weighted by Crippen LogP contribution is 2.01. The molecule has 0 aliphatic heterocycles. The number of rotatable bonds is 2. The highest BCUT2D eigenvalue weighted by atomic mass is 16.8. The van der Waals surface area contributed by atoms with Crippen molar-refractivity contribution in [3.05, 3.63) is 35.9 Å². The summed E-state index contributed by atoms with van der Waals surface area (Å²) in [6, 6.07) is 9.41. The second kappa shape index (κ2) is 5.01. The van der Waals surface area contributed by atoms with Gasteiger partial charge >= 0.3 is 6.16 Å². The van der Waals surface area contributed by atoms with E-state index in [-0.39, 0.29) is 0 Å². The van der Waals surface area contributed by atoms with Gasteiger partial charge in [-0.3, -0.25) is 4.84 Å². The number of hydrogen-bond donors (Lipinski definition) is 0. The van der Waals surface area contributed by atoms with E-state index < -0.39 is 6.16 Å². The van der Waals surface area contributed by atoms with E-state index in [0.717, 1.165) is 5.56 Å². The monoisotopic (exact) mass is 193 g/mol. The van der Waals surface area contributed by atoms with Crippen LogP contribution in [0.2, 0.25) is 0 Å². The molecule has 4 nitrogen and oxygen atoms in total. The van der Waals surface area contributed by atoms with Gasteiger partial charge in [-0.2, -0.15) is 0 Å². The van der Waals surface area contributed by atoms with Gasteiger partial charge < -0.3 is 4.74 Å². The fraction of sp³-hybridized carbons (Fsp3) is 0.200. The molecule has 0 aromatic heterocycles. The number of nitrogens with zero attached hydrogens (tertiary/aromatic N) is 1. The zero-order valence-electron chi connectivity index (χ0n) is 8.06. The molecule has 0 aliphatic rings. The molecule has 0 spiro atoms. The van der Waals surface area contributed by atoms with Crippen molar-refractivity contribution in [3.63, 3.8) is 0 Å². The summed E-state index contributed by atoms with van der Waals surface area (Å²) in [6.45, 7) is 1.75. The van der Waals surface area contributed by atoms with Crippen molar-refractivity contribution in [1.82, 2.24) is 0 Å². The molecular formula is C10H11NO3. The first-order valence-corrected chi connectivity index (χ1v) is 4.09. The molecule has 0 aliphatic carbocycles. The Morgan fingerprint density at radius 2 is 1.93 bits per heavy atom. The third-order valence-corrected chi connectivity index (χ3v) is 1.62. The van der Waals surface area contributed by atoms with E-state index >= 15 is 0 Å². The lowest BCUT2D eigenvalue weighted by Crippen LogP contribution is -2.02. The Bertz CT molecular complexity index is 332. The van der Waals surface area contributed by atoms with E-state index in [2.05, 4.69) is 14.7 Å². The molecule has 0 saturated heterocycles. The first-order chi connectivity index (χ1) is 6.74. The topological polar surface area (TPSA) is 47.9 Å². The molecule has 1 aromatic carbocycles. The molecule has 0 amide bonds. The molecule has 0 heterocycles. The quantitative estimate of drug-likeness (QED) is 0.313. The summed E-state index contributed by atoms with van der Waals surface area (Å²) in [4.78, 5) is 15.0. The minimum absolute atomic E-state index is 0.621. The number of hydrogen-bond acceptors (Lipinski definition) is 4. The molecule has 1 aromatic rings. The summed E-state index contributed by atoms with van der Waals surface area (Å²) in [5.41, 5.74) is 1.52. The van der Waals surface area contributed by atoms with Gasteiger partial charge in [-0.15, -0.1) is 0 Å².